The van der Waals surface area contributed by atoms with Crippen molar-refractivity contribution in [3.05, 3.63) is 93.6 Å². The van der Waals surface area contributed by atoms with E-state index in [1.54, 1.807) is 6.07 Å². The molecule has 0 bridgehead atoms. The zero-order valence-corrected chi connectivity index (χ0v) is 21.5. The Bertz CT molecular complexity index is 1420. The summed E-state index contributed by atoms with van der Waals surface area (Å²) in [7, 11) is 0. The van der Waals surface area contributed by atoms with Gasteiger partial charge >= 0.3 is 5.97 Å². The minimum Gasteiger partial charge on any atom is -0.494 e. The van der Waals surface area contributed by atoms with Crippen molar-refractivity contribution in [1.29, 1.82) is 0 Å². The molecule has 0 atom stereocenters. The molecule has 0 fully saturated rings. The lowest BCUT2D eigenvalue weighted by molar-refractivity contribution is -0.134. The third-order valence-electron chi connectivity index (χ3n) is 6.23. The second-order valence-corrected chi connectivity index (χ2v) is 10.1. The first-order valence-corrected chi connectivity index (χ1v) is 12.2. The standard InChI is InChI=1S/C31H32O5/c1-20-18-25-26(19-21(20)2)35-29(22-13-15-23(16-14-22)31(3,4)5)30(28(25)33)36-27(32)12-9-17-34-24-10-7-6-8-11-24/h6-8,10-11,13-16,18-19H,9,12,17H2,1-5H3. The number of hydrogen-bond acceptors (Lipinski definition) is 5. The van der Waals surface area contributed by atoms with Gasteiger partial charge in [-0.3, -0.25) is 9.59 Å². The molecule has 5 heteroatoms. The van der Waals surface area contributed by atoms with Crippen LogP contribution in [-0.4, -0.2) is 12.6 Å². The lowest BCUT2D eigenvalue weighted by atomic mass is 9.86. The summed E-state index contributed by atoms with van der Waals surface area (Å²) in [5, 5.41) is 0.392. The fourth-order valence-electron chi connectivity index (χ4n) is 3.93. The van der Waals surface area contributed by atoms with E-state index in [1.807, 2.05) is 74.5 Å². The van der Waals surface area contributed by atoms with Crippen LogP contribution in [0.25, 0.3) is 22.3 Å². The predicted octanol–water partition coefficient (Wildman–Crippen LogP) is 7.14. The van der Waals surface area contributed by atoms with E-state index < -0.39 is 5.97 Å². The summed E-state index contributed by atoms with van der Waals surface area (Å²) >= 11 is 0. The van der Waals surface area contributed by atoms with Crippen LogP contribution in [0.1, 0.15) is 50.3 Å². The molecular weight excluding hydrogens is 452 g/mol. The Morgan fingerprint density at radius 1 is 0.917 bits per heavy atom. The number of benzene rings is 3. The van der Waals surface area contributed by atoms with Gasteiger partial charge in [-0.1, -0.05) is 63.2 Å². The smallest absolute Gasteiger partial charge is 0.311 e. The molecule has 0 aliphatic heterocycles. The fourth-order valence-corrected chi connectivity index (χ4v) is 3.93. The number of para-hydroxylation sites is 1. The lowest BCUT2D eigenvalue weighted by Gasteiger charge is -2.19. The Balaban J connectivity index is 1.63. The van der Waals surface area contributed by atoms with E-state index in [0.29, 0.717) is 29.6 Å². The molecule has 4 rings (SSSR count). The Morgan fingerprint density at radius 3 is 2.25 bits per heavy atom. The molecule has 0 aliphatic rings. The average molecular weight is 485 g/mol. The molecule has 1 aromatic heterocycles. The van der Waals surface area contributed by atoms with Gasteiger partial charge in [0, 0.05) is 12.0 Å². The molecule has 0 aliphatic carbocycles. The van der Waals surface area contributed by atoms with Crippen molar-refractivity contribution in [2.24, 2.45) is 0 Å². The maximum Gasteiger partial charge on any atom is 0.311 e. The average Bonchev–Trinajstić information content (AvgIpc) is 2.85. The molecule has 4 aromatic rings. The molecule has 0 saturated carbocycles. The number of ether oxygens (including phenoxy) is 2. The topological polar surface area (TPSA) is 65.7 Å². The van der Waals surface area contributed by atoms with Gasteiger partial charge in [0.25, 0.3) is 0 Å². The van der Waals surface area contributed by atoms with Crippen LogP contribution in [0.3, 0.4) is 0 Å². The monoisotopic (exact) mass is 484 g/mol. The van der Waals surface area contributed by atoms with Crippen molar-refractivity contribution < 1.29 is 18.7 Å². The number of esters is 1. The molecule has 0 spiro atoms. The summed E-state index contributed by atoms with van der Waals surface area (Å²) in [5.41, 5.74) is 3.90. The Kier molecular flexibility index (Phi) is 7.30. The largest absolute Gasteiger partial charge is 0.494 e. The van der Waals surface area contributed by atoms with Gasteiger partial charge in [0.15, 0.2) is 5.76 Å². The lowest BCUT2D eigenvalue weighted by Crippen LogP contribution is -2.17. The summed E-state index contributed by atoms with van der Waals surface area (Å²) in [5.74, 6) is 0.413. The molecule has 0 radical (unpaired) electrons. The van der Waals surface area contributed by atoms with Gasteiger partial charge in [-0.2, -0.15) is 0 Å². The third kappa shape index (κ3) is 5.68. The predicted molar refractivity (Wildman–Crippen MR) is 143 cm³/mol. The second-order valence-electron chi connectivity index (χ2n) is 10.1. The molecule has 0 saturated heterocycles. The molecule has 0 N–H and O–H groups in total. The fraction of sp³-hybridized carbons (Fsp3) is 0.290. The number of carbonyl (C=O) groups excluding carboxylic acids is 1. The Morgan fingerprint density at radius 2 is 1.58 bits per heavy atom. The highest BCUT2D eigenvalue weighted by Crippen LogP contribution is 2.33. The highest BCUT2D eigenvalue weighted by molar-refractivity contribution is 5.85. The molecular formula is C31H32O5. The molecule has 1 heterocycles. The zero-order chi connectivity index (χ0) is 25.9. The molecule has 5 nitrogen and oxygen atoms in total. The summed E-state index contributed by atoms with van der Waals surface area (Å²) in [6, 6.07) is 20.9. The maximum absolute atomic E-state index is 13.5. The SMILES string of the molecule is Cc1cc2oc(-c3ccc(C(C)(C)C)cc3)c(OC(=O)CCCOc3ccccc3)c(=O)c2cc1C. The van der Waals surface area contributed by atoms with E-state index in [1.165, 1.54) is 0 Å². The van der Waals surface area contributed by atoms with E-state index >= 15 is 0 Å². The van der Waals surface area contributed by atoms with Gasteiger partial charge < -0.3 is 13.9 Å². The van der Waals surface area contributed by atoms with Crippen molar-refractivity contribution in [1.82, 2.24) is 0 Å². The number of rotatable bonds is 7. The maximum atomic E-state index is 13.5. The van der Waals surface area contributed by atoms with Crippen LogP contribution in [0.5, 0.6) is 11.5 Å². The number of carbonyl (C=O) groups is 1. The summed E-state index contributed by atoms with van der Waals surface area (Å²) in [6.45, 7) is 10.7. The van der Waals surface area contributed by atoms with E-state index in [0.717, 1.165) is 22.4 Å². The van der Waals surface area contributed by atoms with Crippen molar-refractivity contribution in [2.45, 2.75) is 52.9 Å². The van der Waals surface area contributed by atoms with E-state index in [-0.39, 0.29) is 28.8 Å². The van der Waals surface area contributed by atoms with Gasteiger partial charge in [-0.15, -0.1) is 0 Å². The van der Waals surface area contributed by atoms with Gasteiger partial charge in [0.05, 0.1) is 12.0 Å². The minimum absolute atomic E-state index is 0.0193. The highest BCUT2D eigenvalue weighted by Gasteiger charge is 2.22. The van der Waals surface area contributed by atoms with Crippen LogP contribution in [0.4, 0.5) is 0 Å². The third-order valence-corrected chi connectivity index (χ3v) is 6.23. The van der Waals surface area contributed by atoms with Crippen LogP contribution in [0.2, 0.25) is 0 Å². The van der Waals surface area contributed by atoms with E-state index in [4.69, 9.17) is 13.9 Å². The summed E-state index contributed by atoms with van der Waals surface area (Å²) in [4.78, 5) is 26.2. The van der Waals surface area contributed by atoms with Crippen LogP contribution in [0, 0.1) is 13.8 Å². The Hall–Kier alpha value is -3.86. The first kappa shape index (κ1) is 25.2. The summed E-state index contributed by atoms with van der Waals surface area (Å²) in [6.07, 6.45) is 0.570. The molecule has 36 heavy (non-hydrogen) atoms. The highest BCUT2D eigenvalue weighted by atomic mass is 16.5. The van der Waals surface area contributed by atoms with Crippen LogP contribution < -0.4 is 14.9 Å². The van der Waals surface area contributed by atoms with Gasteiger partial charge in [-0.05, 0) is 66.6 Å². The van der Waals surface area contributed by atoms with Crippen molar-refractivity contribution in [3.8, 4) is 22.8 Å². The number of hydrogen-bond donors (Lipinski definition) is 0. The van der Waals surface area contributed by atoms with Crippen LogP contribution >= 0.6 is 0 Å². The normalized spacial score (nSPS) is 11.5. The first-order valence-electron chi connectivity index (χ1n) is 12.2. The molecule has 186 valence electrons. The molecule has 3 aromatic carbocycles. The van der Waals surface area contributed by atoms with Crippen LogP contribution in [0.15, 0.2) is 75.9 Å². The quantitative estimate of drug-likeness (QED) is 0.206. The van der Waals surface area contributed by atoms with Gasteiger partial charge in [-0.25, -0.2) is 0 Å². The van der Waals surface area contributed by atoms with Crippen LogP contribution in [-0.2, 0) is 10.2 Å². The number of fused-ring (bicyclic) bond motifs is 1. The zero-order valence-electron chi connectivity index (χ0n) is 21.5. The van der Waals surface area contributed by atoms with E-state index in [2.05, 4.69) is 20.8 Å². The molecule has 0 amide bonds. The van der Waals surface area contributed by atoms with Gasteiger partial charge in [0.2, 0.25) is 11.2 Å². The van der Waals surface area contributed by atoms with E-state index in [9.17, 15) is 9.59 Å². The number of aryl methyl sites for hydroxylation is 2. The second kappa shape index (κ2) is 10.4. The van der Waals surface area contributed by atoms with Crippen molar-refractivity contribution in [3.63, 3.8) is 0 Å². The van der Waals surface area contributed by atoms with Crippen molar-refractivity contribution in [2.75, 3.05) is 6.61 Å². The van der Waals surface area contributed by atoms with Gasteiger partial charge in [0.1, 0.15) is 11.3 Å². The first-order chi connectivity index (χ1) is 17.1. The minimum atomic E-state index is -0.505. The Labute approximate surface area is 211 Å². The molecule has 0 unspecified atom stereocenters. The summed E-state index contributed by atoms with van der Waals surface area (Å²) < 4.78 is 17.5. The van der Waals surface area contributed by atoms with Crippen molar-refractivity contribution >= 4 is 16.9 Å².